The summed E-state index contributed by atoms with van der Waals surface area (Å²) in [6.07, 6.45) is -0.506. The molecule has 0 amide bonds. The summed E-state index contributed by atoms with van der Waals surface area (Å²) in [6.45, 7) is 2.64. The molecule has 0 aliphatic carbocycles. The second-order valence-electron chi connectivity index (χ2n) is 6.44. The predicted molar refractivity (Wildman–Crippen MR) is 101 cm³/mol. The lowest BCUT2D eigenvalue weighted by Gasteiger charge is -2.26. The SMILES string of the molecule is CCC(NCC(O)c1ccccc1)c1ccc2c(c1)OC(C(=O)OC)CO2. The Bertz CT molecular complexity index is 764. The van der Waals surface area contributed by atoms with Crippen LogP contribution in [-0.4, -0.2) is 37.4 Å². The fourth-order valence-corrected chi connectivity index (χ4v) is 3.10. The Morgan fingerprint density at radius 1 is 1.22 bits per heavy atom. The Balaban J connectivity index is 1.68. The van der Waals surface area contributed by atoms with Crippen molar-refractivity contribution in [3.05, 3.63) is 59.7 Å². The van der Waals surface area contributed by atoms with Crippen LogP contribution in [0.3, 0.4) is 0 Å². The normalized spacial score (nSPS) is 17.8. The molecule has 1 aliphatic rings. The first-order valence-corrected chi connectivity index (χ1v) is 9.10. The van der Waals surface area contributed by atoms with Gasteiger partial charge in [0, 0.05) is 12.6 Å². The number of carbonyl (C=O) groups is 1. The average Bonchev–Trinajstić information content (AvgIpc) is 2.73. The molecule has 0 fully saturated rings. The monoisotopic (exact) mass is 371 g/mol. The van der Waals surface area contributed by atoms with Gasteiger partial charge < -0.3 is 24.6 Å². The topological polar surface area (TPSA) is 77.0 Å². The second kappa shape index (κ2) is 8.88. The number of hydrogen-bond acceptors (Lipinski definition) is 6. The van der Waals surface area contributed by atoms with E-state index in [9.17, 15) is 9.90 Å². The molecule has 0 aromatic heterocycles. The first-order valence-electron chi connectivity index (χ1n) is 9.10. The molecule has 0 spiro atoms. The molecule has 0 bridgehead atoms. The van der Waals surface area contributed by atoms with Gasteiger partial charge in [-0.3, -0.25) is 0 Å². The van der Waals surface area contributed by atoms with Crippen LogP contribution < -0.4 is 14.8 Å². The molecule has 1 heterocycles. The summed E-state index contributed by atoms with van der Waals surface area (Å²) in [4.78, 5) is 11.7. The third-order valence-electron chi connectivity index (χ3n) is 4.64. The number of hydrogen-bond donors (Lipinski definition) is 2. The van der Waals surface area contributed by atoms with E-state index in [1.54, 1.807) is 0 Å². The lowest BCUT2D eigenvalue weighted by molar-refractivity contribution is -0.151. The molecule has 2 N–H and O–H groups in total. The van der Waals surface area contributed by atoms with E-state index in [1.807, 2.05) is 48.5 Å². The van der Waals surface area contributed by atoms with Gasteiger partial charge >= 0.3 is 5.97 Å². The Morgan fingerprint density at radius 2 is 2.00 bits per heavy atom. The summed E-state index contributed by atoms with van der Waals surface area (Å²) in [6, 6.07) is 15.3. The lowest BCUT2D eigenvalue weighted by atomic mass is 10.0. The van der Waals surface area contributed by atoms with E-state index < -0.39 is 18.2 Å². The van der Waals surface area contributed by atoms with Crippen LogP contribution in [0, 0.1) is 0 Å². The molecule has 27 heavy (non-hydrogen) atoms. The highest BCUT2D eigenvalue weighted by Gasteiger charge is 2.28. The van der Waals surface area contributed by atoms with E-state index in [1.165, 1.54) is 7.11 Å². The van der Waals surface area contributed by atoms with Crippen LogP contribution in [0.15, 0.2) is 48.5 Å². The molecule has 0 saturated carbocycles. The van der Waals surface area contributed by atoms with E-state index in [0.717, 1.165) is 17.5 Å². The van der Waals surface area contributed by atoms with E-state index in [-0.39, 0.29) is 12.6 Å². The van der Waals surface area contributed by atoms with Crippen LogP contribution in [-0.2, 0) is 9.53 Å². The number of ether oxygens (including phenoxy) is 3. The molecule has 3 rings (SSSR count). The molecule has 2 aromatic carbocycles. The van der Waals surface area contributed by atoms with Gasteiger partial charge in [-0.05, 0) is 29.7 Å². The van der Waals surface area contributed by atoms with Crippen molar-refractivity contribution in [2.24, 2.45) is 0 Å². The Hall–Kier alpha value is -2.57. The van der Waals surface area contributed by atoms with Crippen LogP contribution in [0.2, 0.25) is 0 Å². The van der Waals surface area contributed by atoms with Crippen molar-refractivity contribution in [1.29, 1.82) is 0 Å². The molecule has 3 atom stereocenters. The van der Waals surface area contributed by atoms with Gasteiger partial charge in [-0.15, -0.1) is 0 Å². The highest BCUT2D eigenvalue weighted by atomic mass is 16.6. The van der Waals surface area contributed by atoms with Crippen LogP contribution in [0.25, 0.3) is 0 Å². The Kier molecular flexibility index (Phi) is 6.32. The van der Waals surface area contributed by atoms with Gasteiger partial charge in [-0.1, -0.05) is 43.3 Å². The third-order valence-corrected chi connectivity index (χ3v) is 4.64. The third kappa shape index (κ3) is 4.59. The lowest BCUT2D eigenvalue weighted by Crippen LogP contribution is -2.37. The summed E-state index contributed by atoms with van der Waals surface area (Å²) >= 11 is 0. The molecule has 0 radical (unpaired) electrons. The smallest absolute Gasteiger partial charge is 0.350 e. The summed E-state index contributed by atoms with van der Waals surface area (Å²) in [5.74, 6) is 0.679. The Morgan fingerprint density at radius 3 is 2.70 bits per heavy atom. The summed E-state index contributed by atoms with van der Waals surface area (Å²) < 4.78 is 16.1. The van der Waals surface area contributed by atoms with Gasteiger partial charge in [0.05, 0.1) is 13.2 Å². The van der Waals surface area contributed by atoms with Crippen molar-refractivity contribution in [1.82, 2.24) is 5.32 Å². The van der Waals surface area contributed by atoms with E-state index in [2.05, 4.69) is 12.2 Å². The number of rotatable bonds is 7. The maximum atomic E-state index is 11.7. The number of benzene rings is 2. The van der Waals surface area contributed by atoms with Gasteiger partial charge in [0.25, 0.3) is 0 Å². The highest BCUT2D eigenvalue weighted by molar-refractivity contribution is 5.75. The van der Waals surface area contributed by atoms with Crippen molar-refractivity contribution in [2.45, 2.75) is 31.6 Å². The predicted octanol–water partition coefficient (Wildman–Crippen LogP) is 2.77. The summed E-state index contributed by atoms with van der Waals surface area (Å²) in [5.41, 5.74) is 1.88. The van der Waals surface area contributed by atoms with Gasteiger partial charge in [0.2, 0.25) is 6.10 Å². The standard InChI is InChI=1S/C21H25NO5/c1-3-16(22-12-17(23)14-7-5-4-6-8-14)15-9-10-18-19(11-15)27-20(13-26-18)21(24)25-2/h4-11,16-17,20,22-23H,3,12-13H2,1-2H3. The zero-order valence-electron chi connectivity index (χ0n) is 15.6. The van der Waals surface area contributed by atoms with Crippen molar-refractivity contribution >= 4 is 5.97 Å². The number of esters is 1. The minimum atomic E-state index is -0.759. The van der Waals surface area contributed by atoms with Crippen LogP contribution in [0.1, 0.15) is 36.6 Å². The van der Waals surface area contributed by atoms with Crippen LogP contribution >= 0.6 is 0 Å². The number of carbonyl (C=O) groups excluding carboxylic acids is 1. The number of fused-ring (bicyclic) bond motifs is 1. The van der Waals surface area contributed by atoms with Gasteiger partial charge in [-0.25, -0.2) is 4.79 Å². The van der Waals surface area contributed by atoms with Crippen molar-refractivity contribution in [3.8, 4) is 11.5 Å². The van der Waals surface area contributed by atoms with E-state index >= 15 is 0 Å². The summed E-state index contributed by atoms with van der Waals surface area (Å²) in [5, 5.41) is 13.8. The first kappa shape index (κ1) is 19.2. The van der Waals surface area contributed by atoms with Crippen molar-refractivity contribution in [2.75, 3.05) is 20.3 Å². The zero-order chi connectivity index (χ0) is 19.2. The minimum absolute atomic E-state index is 0.0377. The molecule has 3 unspecified atom stereocenters. The van der Waals surface area contributed by atoms with E-state index in [0.29, 0.717) is 18.0 Å². The first-order chi connectivity index (χ1) is 13.1. The number of methoxy groups -OCH3 is 1. The molecular formula is C21H25NO5. The average molecular weight is 371 g/mol. The van der Waals surface area contributed by atoms with Crippen molar-refractivity contribution < 1.29 is 24.1 Å². The van der Waals surface area contributed by atoms with Gasteiger partial charge in [0.1, 0.15) is 6.61 Å². The molecule has 0 saturated heterocycles. The number of aliphatic hydroxyl groups excluding tert-OH is 1. The minimum Gasteiger partial charge on any atom is -0.485 e. The molecule has 1 aliphatic heterocycles. The molecule has 6 nitrogen and oxygen atoms in total. The molecule has 6 heteroatoms. The largest absolute Gasteiger partial charge is 0.485 e. The van der Waals surface area contributed by atoms with Crippen LogP contribution in [0.5, 0.6) is 11.5 Å². The molecule has 2 aromatic rings. The number of aliphatic hydroxyl groups is 1. The van der Waals surface area contributed by atoms with E-state index in [4.69, 9.17) is 14.2 Å². The van der Waals surface area contributed by atoms with Gasteiger partial charge in [-0.2, -0.15) is 0 Å². The summed E-state index contributed by atoms with van der Waals surface area (Å²) in [7, 11) is 1.33. The fourth-order valence-electron chi connectivity index (χ4n) is 3.10. The zero-order valence-corrected chi connectivity index (χ0v) is 15.6. The fraction of sp³-hybridized carbons (Fsp3) is 0.381. The maximum absolute atomic E-state index is 11.7. The molecule has 144 valence electrons. The number of nitrogens with one attached hydrogen (secondary N) is 1. The second-order valence-corrected chi connectivity index (χ2v) is 6.44. The quantitative estimate of drug-likeness (QED) is 0.729. The van der Waals surface area contributed by atoms with Crippen LogP contribution in [0.4, 0.5) is 0 Å². The maximum Gasteiger partial charge on any atom is 0.350 e. The molecular weight excluding hydrogens is 346 g/mol. The Labute approximate surface area is 159 Å². The van der Waals surface area contributed by atoms with Gasteiger partial charge in [0.15, 0.2) is 11.5 Å². The highest BCUT2D eigenvalue weighted by Crippen LogP contribution is 2.35. The van der Waals surface area contributed by atoms with Crippen molar-refractivity contribution in [3.63, 3.8) is 0 Å².